The zero-order valence-corrected chi connectivity index (χ0v) is 8.98. The van der Waals surface area contributed by atoms with Crippen LogP contribution in [-0.4, -0.2) is 10.7 Å². The first-order valence-corrected chi connectivity index (χ1v) is 4.73. The highest BCUT2D eigenvalue weighted by Crippen LogP contribution is 2.23. The van der Waals surface area contributed by atoms with Gasteiger partial charge in [-0.25, -0.2) is 0 Å². The van der Waals surface area contributed by atoms with Crippen LogP contribution in [0.3, 0.4) is 0 Å². The summed E-state index contributed by atoms with van der Waals surface area (Å²) in [6.45, 7) is 3.13. The monoisotopic (exact) mass is 218 g/mol. The van der Waals surface area contributed by atoms with Gasteiger partial charge in [0.1, 0.15) is 6.07 Å². The number of aryl methyl sites for hydroxylation is 1. The van der Waals surface area contributed by atoms with Crippen molar-refractivity contribution in [2.75, 3.05) is 0 Å². The molecule has 5 nitrogen and oxygen atoms in total. The number of carbonyl (C=O) groups is 1. The zero-order chi connectivity index (χ0) is 12.3. The van der Waals surface area contributed by atoms with E-state index in [0.29, 0.717) is 12.0 Å². The number of nitro groups is 1. The molecule has 1 rings (SSSR count). The summed E-state index contributed by atoms with van der Waals surface area (Å²) in [7, 11) is 0. The van der Waals surface area contributed by atoms with E-state index in [1.165, 1.54) is 13.0 Å². The number of carbonyl (C=O) groups excluding carboxylic acids is 1. The molecule has 0 aliphatic heterocycles. The summed E-state index contributed by atoms with van der Waals surface area (Å²) >= 11 is 0. The second-order valence-electron chi connectivity index (χ2n) is 3.31. The quantitative estimate of drug-likeness (QED) is 0.442. The Balaban J connectivity index is 3.57. The van der Waals surface area contributed by atoms with Crippen LogP contribution in [0.1, 0.15) is 35.3 Å². The fourth-order valence-corrected chi connectivity index (χ4v) is 1.57. The van der Waals surface area contributed by atoms with Gasteiger partial charge in [0, 0.05) is 17.7 Å². The summed E-state index contributed by atoms with van der Waals surface area (Å²) in [5.74, 6) is -0.247. The van der Waals surface area contributed by atoms with Crippen molar-refractivity contribution >= 4 is 11.5 Å². The summed E-state index contributed by atoms with van der Waals surface area (Å²) in [6.07, 6.45) is 0.477. The molecule has 0 saturated heterocycles. The highest BCUT2D eigenvalue weighted by molar-refractivity contribution is 5.98. The van der Waals surface area contributed by atoms with Crippen LogP contribution in [0, 0.1) is 21.4 Å². The molecule has 0 fully saturated rings. The van der Waals surface area contributed by atoms with Crippen molar-refractivity contribution in [3.63, 3.8) is 0 Å². The van der Waals surface area contributed by atoms with E-state index in [0.717, 1.165) is 6.07 Å². The molecule has 0 saturated carbocycles. The first-order chi connectivity index (χ1) is 7.51. The van der Waals surface area contributed by atoms with Gasteiger partial charge in [-0.1, -0.05) is 6.92 Å². The van der Waals surface area contributed by atoms with Gasteiger partial charge >= 0.3 is 0 Å². The van der Waals surface area contributed by atoms with Crippen LogP contribution < -0.4 is 0 Å². The Kier molecular flexibility index (Phi) is 3.36. The van der Waals surface area contributed by atoms with Crippen molar-refractivity contribution in [2.24, 2.45) is 0 Å². The number of benzene rings is 1. The van der Waals surface area contributed by atoms with E-state index in [2.05, 4.69) is 0 Å². The smallest absolute Gasteiger partial charge is 0.271 e. The molecule has 82 valence electrons. The first-order valence-electron chi connectivity index (χ1n) is 4.73. The van der Waals surface area contributed by atoms with Crippen LogP contribution in [-0.2, 0) is 6.42 Å². The van der Waals surface area contributed by atoms with Crippen molar-refractivity contribution in [1.29, 1.82) is 5.26 Å². The Morgan fingerprint density at radius 2 is 2.19 bits per heavy atom. The molecule has 1 aromatic carbocycles. The maximum atomic E-state index is 11.4. The van der Waals surface area contributed by atoms with E-state index < -0.39 is 4.92 Å². The predicted octanol–water partition coefficient (Wildman–Crippen LogP) is 2.23. The number of nitro benzene ring substituents is 1. The highest BCUT2D eigenvalue weighted by Gasteiger charge is 2.18. The molecule has 0 unspecified atom stereocenters. The van der Waals surface area contributed by atoms with Crippen LogP contribution in [0.2, 0.25) is 0 Å². The summed E-state index contributed by atoms with van der Waals surface area (Å²) in [5.41, 5.74) is 0.741. The number of nitrogens with zero attached hydrogens (tertiary/aromatic N) is 2. The molecule has 16 heavy (non-hydrogen) atoms. The molecule has 0 aliphatic rings. The largest absolute Gasteiger partial charge is 0.294 e. The third-order valence-corrected chi connectivity index (χ3v) is 2.27. The number of hydrogen-bond donors (Lipinski definition) is 0. The van der Waals surface area contributed by atoms with Crippen molar-refractivity contribution in [3.05, 3.63) is 38.9 Å². The van der Waals surface area contributed by atoms with E-state index in [-0.39, 0.29) is 22.6 Å². The molecular formula is C11H10N2O3. The normalized spacial score (nSPS) is 9.56. The van der Waals surface area contributed by atoms with E-state index in [1.807, 2.05) is 6.07 Å². The van der Waals surface area contributed by atoms with E-state index >= 15 is 0 Å². The van der Waals surface area contributed by atoms with E-state index in [1.54, 1.807) is 6.92 Å². The van der Waals surface area contributed by atoms with Crippen LogP contribution >= 0.6 is 0 Å². The topological polar surface area (TPSA) is 84.0 Å². The summed E-state index contributed by atoms with van der Waals surface area (Å²) in [6, 6.07) is 4.30. The minimum Gasteiger partial charge on any atom is -0.294 e. The van der Waals surface area contributed by atoms with Crippen molar-refractivity contribution in [1.82, 2.24) is 0 Å². The van der Waals surface area contributed by atoms with Gasteiger partial charge in [0.05, 0.1) is 10.5 Å². The van der Waals surface area contributed by atoms with Gasteiger partial charge in [0.2, 0.25) is 0 Å². The lowest BCUT2D eigenvalue weighted by Crippen LogP contribution is -2.04. The number of hydrogen-bond acceptors (Lipinski definition) is 4. The molecule has 0 bridgehead atoms. The molecular weight excluding hydrogens is 208 g/mol. The number of Topliss-reactive ketones (excluding diaryl/α,β-unsaturated/α-hetero) is 1. The third kappa shape index (κ3) is 2.06. The predicted molar refractivity (Wildman–Crippen MR) is 57.2 cm³/mol. The number of rotatable bonds is 3. The van der Waals surface area contributed by atoms with Gasteiger partial charge in [-0.3, -0.25) is 14.9 Å². The second-order valence-corrected chi connectivity index (χ2v) is 3.31. The maximum Gasteiger partial charge on any atom is 0.271 e. The Hall–Kier alpha value is -2.22. The molecule has 1 aromatic rings. The van der Waals surface area contributed by atoms with E-state index in [4.69, 9.17) is 5.26 Å². The fourth-order valence-electron chi connectivity index (χ4n) is 1.57. The third-order valence-electron chi connectivity index (χ3n) is 2.27. The SMILES string of the molecule is CCc1cc([N+](=O)[O-])cc(C#N)c1C(C)=O. The lowest BCUT2D eigenvalue weighted by atomic mass is 9.96. The molecule has 0 aliphatic carbocycles. The molecule has 0 N–H and O–H groups in total. The molecule has 0 heterocycles. The van der Waals surface area contributed by atoms with Gasteiger partial charge in [0.25, 0.3) is 5.69 Å². The minimum atomic E-state index is -0.566. The zero-order valence-electron chi connectivity index (χ0n) is 8.98. The molecule has 5 heteroatoms. The number of nitriles is 1. The fraction of sp³-hybridized carbons (Fsp3) is 0.273. The Morgan fingerprint density at radius 1 is 1.56 bits per heavy atom. The maximum absolute atomic E-state index is 11.4. The Morgan fingerprint density at radius 3 is 2.56 bits per heavy atom. The van der Waals surface area contributed by atoms with Crippen molar-refractivity contribution < 1.29 is 9.72 Å². The summed E-state index contributed by atoms with van der Waals surface area (Å²) < 4.78 is 0. The minimum absolute atomic E-state index is 0.0681. The molecule has 0 amide bonds. The Labute approximate surface area is 92.5 Å². The average Bonchev–Trinajstić information content (AvgIpc) is 2.26. The van der Waals surface area contributed by atoms with Crippen LogP contribution in [0.4, 0.5) is 5.69 Å². The van der Waals surface area contributed by atoms with Crippen LogP contribution in [0.5, 0.6) is 0 Å². The molecule has 0 spiro atoms. The van der Waals surface area contributed by atoms with Crippen LogP contribution in [0.15, 0.2) is 12.1 Å². The lowest BCUT2D eigenvalue weighted by molar-refractivity contribution is -0.384. The van der Waals surface area contributed by atoms with Gasteiger partial charge in [-0.15, -0.1) is 0 Å². The van der Waals surface area contributed by atoms with Gasteiger partial charge in [-0.2, -0.15) is 5.26 Å². The first kappa shape index (κ1) is 11.9. The summed E-state index contributed by atoms with van der Waals surface area (Å²) in [4.78, 5) is 21.4. The number of non-ortho nitro benzene ring substituents is 1. The van der Waals surface area contributed by atoms with E-state index in [9.17, 15) is 14.9 Å². The lowest BCUT2D eigenvalue weighted by Gasteiger charge is -2.06. The number of ketones is 1. The molecule has 0 aromatic heterocycles. The molecule has 0 radical (unpaired) electrons. The second kappa shape index (κ2) is 4.53. The van der Waals surface area contributed by atoms with Gasteiger partial charge < -0.3 is 0 Å². The van der Waals surface area contributed by atoms with Gasteiger partial charge in [0.15, 0.2) is 5.78 Å². The molecule has 0 atom stereocenters. The summed E-state index contributed by atoms with van der Waals surface area (Å²) in [5, 5.41) is 19.5. The average molecular weight is 218 g/mol. The Bertz CT molecular complexity index is 501. The van der Waals surface area contributed by atoms with Gasteiger partial charge in [-0.05, 0) is 18.9 Å². The van der Waals surface area contributed by atoms with Crippen molar-refractivity contribution in [2.45, 2.75) is 20.3 Å². The van der Waals surface area contributed by atoms with Crippen LogP contribution in [0.25, 0.3) is 0 Å². The highest BCUT2D eigenvalue weighted by atomic mass is 16.6. The standard InChI is InChI=1S/C11H10N2O3/c1-3-8-4-10(13(15)16)5-9(6-12)11(8)7(2)14/h4-5H,3H2,1-2H3. The van der Waals surface area contributed by atoms with Crippen molar-refractivity contribution in [3.8, 4) is 6.07 Å².